The van der Waals surface area contributed by atoms with E-state index in [1.807, 2.05) is 13.8 Å². The van der Waals surface area contributed by atoms with E-state index >= 15 is 0 Å². The molecule has 2 atom stereocenters. The van der Waals surface area contributed by atoms with Crippen molar-refractivity contribution in [2.75, 3.05) is 53.4 Å². The molecule has 31 heavy (non-hydrogen) atoms. The fourth-order valence-corrected chi connectivity index (χ4v) is 6.46. The van der Waals surface area contributed by atoms with Crippen molar-refractivity contribution in [2.45, 2.75) is 31.0 Å². The van der Waals surface area contributed by atoms with E-state index in [0.717, 1.165) is 4.31 Å². The highest BCUT2D eigenvalue weighted by Crippen LogP contribution is 2.22. The highest BCUT2D eigenvalue weighted by molar-refractivity contribution is 7.89. The number of morpholine rings is 1. The van der Waals surface area contributed by atoms with E-state index in [9.17, 15) is 21.6 Å². The summed E-state index contributed by atoms with van der Waals surface area (Å²) >= 11 is 0. The fourth-order valence-electron chi connectivity index (χ4n) is 3.78. The van der Waals surface area contributed by atoms with Crippen LogP contribution in [0, 0.1) is 0 Å². The Labute approximate surface area is 184 Å². The van der Waals surface area contributed by atoms with Crippen molar-refractivity contribution in [1.82, 2.24) is 17.8 Å². The SMILES string of the molecule is CC1CN(S(=O)(=O)c2ccc(C(=O)N3CCN(S(=O)(=O)N(C)C)CC3)cc2)CC(C)O1. The number of carbonyl (C=O) groups excluding carboxylic acids is 1. The minimum absolute atomic E-state index is 0.132. The highest BCUT2D eigenvalue weighted by atomic mass is 32.2. The quantitative estimate of drug-likeness (QED) is 0.597. The smallest absolute Gasteiger partial charge is 0.281 e. The van der Waals surface area contributed by atoms with Crippen LogP contribution in [0.5, 0.6) is 0 Å². The number of carbonyl (C=O) groups is 1. The van der Waals surface area contributed by atoms with Crippen LogP contribution in [0.2, 0.25) is 0 Å². The topological polar surface area (TPSA) is 108 Å². The molecule has 0 bridgehead atoms. The maximum absolute atomic E-state index is 13.0. The maximum Gasteiger partial charge on any atom is 0.281 e. The third-order valence-electron chi connectivity index (χ3n) is 5.44. The lowest BCUT2D eigenvalue weighted by atomic mass is 10.2. The van der Waals surface area contributed by atoms with Gasteiger partial charge in [0.15, 0.2) is 0 Å². The van der Waals surface area contributed by atoms with Gasteiger partial charge < -0.3 is 9.64 Å². The molecule has 0 aliphatic carbocycles. The fraction of sp³-hybridized carbons (Fsp3) is 0.632. The van der Waals surface area contributed by atoms with Crippen molar-refractivity contribution in [3.05, 3.63) is 29.8 Å². The van der Waals surface area contributed by atoms with Crippen LogP contribution in [0.15, 0.2) is 29.2 Å². The van der Waals surface area contributed by atoms with Crippen molar-refractivity contribution in [3.63, 3.8) is 0 Å². The molecule has 0 spiro atoms. The lowest BCUT2D eigenvalue weighted by molar-refractivity contribution is -0.0440. The van der Waals surface area contributed by atoms with Gasteiger partial charge in [-0.25, -0.2) is 8.42 Å². The maximum atomic E-state index is 13.0. The molecule has 12 heteroatoms. The predicted molar refractivity (Wildman–Crippen MR) is 115 cm³/mol. The van der Waals surface area contributed by atoms with Crippen molar-refractivity contribution < 1.29 is 26.4 Å². The summed E-state index contributed by atoms with van der Waals surface area (Å²) < 4.78 is 59.9. The second kappa shape index (κ2) is 9.12. The summed E-state index contributed by atoms with van der Waals surface area (Å²) in [5, 5.41) is 0. The van der Waals surface area contributed by atoms with Crippen molar-refractivity contribution in [3.8, 4) is 0 Å². The van der Waals surface area contributed by atoms with Crippen LogP contribution in [0.25, 0.3) is 0 Å². The lowest BCUT2D eigenvalue weighted by Gasteiger charge is -2.35. The zero-order chi connectivity index (χ0) is 23.0. The number of ether oxygens (including phenoxy) is 1. The van der Waals surface area contributed by atoms with Gasteiger partial charge in [-0.3, -0.25) is 4.79 Å². The first kappa shape index (κ1) is 24.1. The van der Waals surface area contributed by atoms with E-state index < -0.39 is 20.2 Å². The molecule has 0 radical (unpaired) electrons. The number of nitrogens with zero attached hydrogens (tertiary/aromatic N) is 4. The first-order valence-corrected chi connectivity index (χ1v) is 13.0. The van der Waals surface area contributed by atoms with Gasteiger partial charge in [-0.15, -0.1) is 0 Å². The summed E-state index contributed by atoms with van der Waals surface area (Å²) in [6.07, 6.45) is -0.372. The predicted octanol–water partition coefficient (Wildman–Crippen LogP) is 0.0487. The summed E-state index contributed by atoms with van der Waals surface area (Å²) in [7, 11) is -4.24. The Hall–Kier alpha value is -1.57. The molecule has 1 aromatic rings. The molecule has 10 nitrogen and oxygen atoms in total. The minimum atomic E-state index is -3.68. The molecule has 2 unspecified atom stereocenters. The van der Waals surface area contributed by atoms with E-state index in [0.29, 0.717) is 5.56 Å². The van der Waals surface area contributed by atoms with E-state index in [1.54, 1.807) is 4.90 Å². The molecule has 2 aliphatic heterocycles. The molecule has 2 fully saturated rings. The average molecular weight is 475 g/mol. The summed E-state index contributed by atoms with van der Waals surface area (Å²) in [6, 6.07) is 5.90. The molecule has 2 saturated heterocycles. The van der Waals surface area contributed by atoms with Crippen molar-refractivity contribution in [1.29, 1.82) is 0 Å². The Balaban J connectivity index is 1.67. The van der Waals surface area contributed by atoms with E-state index in [1.165, 1.54) is 47.0 Å². The van der Waals surface area contributed by atoms with E-state index in [4.69, 9.17) is 4.74 Å². The molecule has 2 aliphatic rings. The number of amides is 1. The van der Waals surface area contributed by atoms with Gasteiger partial charge in [0.25, 0.3) is 16.1 Å². The third-order valence-corrected chi connectivity index (χ3v) is 9.23. The molecule has 2 heterocycles. The molecule has 0 saturated carbocycles. The second-order valence-corrected chi connectivity index (χ2v) is 12.2. The number of hydrogen-bond acceptors (Lipinski definition) is 6. The van der Waals surface area contributed by atoms with Crippen LogP contribution in [0.3, 0.4) is 0 Å². The Morgan fingerprint density at radius 3 is 1.90 bits per heavy atom. The number of benzene rings is 1. The van der Waals surface area contributed by atoms with Crippen LogP contribution >= 0.6 is 0 Å². The average Bonchev–Trinajstić information content (AvgIpc) is 2.72. The number of hydrogen-bond donors (Lipinski definition) is 0. The number of sulfonamides is 1. The van der Waals surface area contributed by atoms with Crippen molar-refractivity contribution >= 4 is 26.1 Å². The molecule has 174 valence electrons. The molecule has 0 N–H and O–H groups in total. The summed E-state index contributed by atoms with van der Waals surface area (Å²) in [6.45, 7) is 5.22. The molecular formula is C19H30N4O6S2. The first-order valence-electron chi connectivity index (χ1n) is 10.2. The van der Waals surface area contributed by atoms with Gasteiger partial charge >= 0.3 is 0 Å². The van der Waals surface area contributed by atoms with Crippen molar-refractivity contribution in [2.24, 2.45) is 0 Å². The highest BCUT2D eigenvalue weighted by Gasteiger charge is 2.33. The lowest BCUT2D eigenvalue weighted by Crippen LogP contribution is -2.53. The van der Waals surface area contributed by atoms with Gasteiger partial charge in [-0.2, -0.15) is 21.3 Å². The summed E-state index contributed by atoms with van der Waals surface area (Å²) in [5.74, 6) is -0.250. The third kappa shape index (κ3) is 5.10. The molecular weight excluding hydrogens is 444 g/mol. The Kier molecular flexibility index (Phi) is 7.08. The second-order valence-electron chi connectivity index (χ2n) is 8.09. The van der Waals surface area contributed by atoms with Gasteiger partial charge in [0.05, 0.1) is 17.1 Å². The van der Waals surface area contributed by atoms with Crippen LogP contribution in [-0.4, -0.2) is 106 Å². The largest absolute Gasteiger partial charge is 0.373 e. The Bertz CT molecular complexity index is 992. The number of piperazine rings is 1. The van der Waals surface area contributed by atoms with Gasteiger partial charge in [-0.05, 0) is 38.1 Å². The van der Waals surface area contributed by atoms with Crippen LogP contribution in [0.1, 0.15) is 24.2 Å². The standard InChI is InChI=1S/C19H30N4O6S2/c1-15-13-23(14-16(2)29-15)30(25,26)18-7-5-17(6-8-18)19(24)21-9-11-22(12-10-21)31(27,28)20(3)4/h5-8,15-16H,9-14H2,1-4H3. The van der Waals surface area contributed by atoms with Gasteiger partial charge in [0.1, 0.15) is 0 Å². The molecule has 3 rings (SSSR count). The summed E-state index contributed by atoms with van der Waals surface area (Å²) in [4.78, 5) is 14.5. The molecule has 1 aromatic carbocycles. The number of rotatable bonds is 5. The molecule has 0 aromatic heterocycles. The van der Waals surface area contributed by atoms with Crippen LogP contribution < -0.4 is 0 Å². The zero-order valence-corrected chi connectivity index (χ0v) is 19.9. The minimum Gasteiger partial charge on any atom is -0.373 e. The Morgan fingerprint density at radius 2 is 1.42 bits per heavy atom. The van der Waals surface area contributed by atoms with E-state index in [-0.39, 0.29) is 62.3 Å². The van der Waals surface area contributed by atoms with Gasteiger partial charge in [-0.1, -0.05) is 0 Å². The first-order chi connectivity index (χ1) is 14.4. The molecule has 1 amide bonds. The monoisotopic (exact) mass is 474 g/mol. The van der Waals surface area contributed by atoms with Crippen LogP contribution in [0.4, 0.5) is 0 Å². The summed E-state index contributed by atoms with van der Waals surface area (Å²) in [5.41, 5.74) is 0.367. The normalized spacial score (nSPS) is 24.5. The van der Waals surface area contributed by atoms with E-state index in [2.05, 4.69) is 0 Å². The Morgan fingerprint density at radius 1 is 0.903 bits per heavy atom. The zero-order valence-electron chi connectivity index (χ0n) is 18.3. The van der Waals surface area contributed by atoms with Crippen LogP contribution in [-0.2, 0) is 25.0 Å². The van der Waals surface area contributed by atoms with Gasteiger partial charge in [0.2, 0.25) is 10.0 Å². The van der Waals surface area contributed by atoms with Gasteiger partial charge in [0, 0.05) is 58.9 Å².